The van der Waals surface area contributed by atoms with Gasteiger partial charge in [0.05, 0.1) is 13.0 Å². The Balaban J connectivity index is 2.43. The van der Waals surface area contributed by atoms with Gasteiger partial charge in [0.1, 0.15) is 0 Å². The summed E-state index contributed by atoms with van der Waals surface area (Å²) in [6, 6.07) is 0.675. The lowest BCUT2D eigenvalue weighted by atomic mass is 10.1. The van der Waals surface area contributed by atoms with E-state index in [0.717, 1.165) is 19.3 Å². The molecule has 1 aliphatic rings. The predicted octanol–water partition coefficient (Wildman–Crippen LogP) is 2.12. The maximum Gasteiger partial charge on any atom is 0.306 e. The first-order valence-electron chi connectivity index (χ1n) is 6.56. The highest BCUT2D eigenvalue weighted by Gasteiger charge is 2.32. The molecule has 1 saturated heterocycles. The van der Waals surface area contributed by atoms with Crippen LogP contribution in [0.1, 0.15) is 52.9 Å². The number of hydrogen-bond donors (Lipinski definition) is 0. The molecule has 4 heteroatoms. The molecule has 1 aliphatic heterocycles. The zero-order valence-corrected chi connectivity index (χ0v) is 11.1. The number of esters is 1. The summed E-state index contributed by atoms with van der Waals surface area (Å²) in [5.41, 5.74) is 0. The van der Waals surface area contributed by atoms with Gasteiger partial charge in [-0.05, 0) is 33.1 Å². The van der Waals surface area contributed by atoms with E-state index >= 15 is 0 Å². The van der Waals surface area contributed by atoms with Crippen molar-refractivity contribution in [1.82, 2.24) is 4.90 Å². The van der Waals surface area contributed by atoms with Crippen LogP contribution in [-0.4, -0.2) is 35.5 Å². The lowest BCUT2D eigenvalue weighted by Gasteiger charge is -2.28. The molecular weight excluding hydrogens is 218 g/mol. The molecule has 1 amide bonds. The van der Waals surface area contributed by atoms with Crippen LogP contribution in [0.2, 0.25) is 0 Å². The molecular formula is C13H23NO3. The maximum atomic E-state index is 12.1. The Morgan fingerprint density at radius 2 is 1.94 bits per heavy atom. The zero-order chi connectivity index (χ0) is 12.8. The van der Waals surface area contributed by atoms with Crippen molar-refractivity contribution < 1.29 is 14.3 Å². The molecule has 1 rings (SSSR count). The van der Waals surface area contributed by atoms with Crippen molar-refractivity contribution in [2.45, 2.75) is 65.0 Å². The molecule has 98 valence electrons. The molecule has 0 N–H and O–H groups in total. The largest absolute Gasteiger partial charge is 0.466 e. The third-order valence-corrected chi connectivity index (χ3v) is 3.39. The van der Waals surface area contributed by atoms with Gasteiger partial charge in [-0.2, -0.15) is 0 Å². The minimum atomic E-state index is -0.277. The van der Waals surface area contributed by atoms with Crippen LogP contribution in [0.5, 0.6) is 0 Å². The predicted molar refractivity (Wildman–Crippen MR) is 65.5 cm³/mol. The van der Waals surface area contributed by atoms with E-state index in [-0.39, 0.29) is 24.7 Å². The normalized spacial score (nSPS) is 23.8. The van der Waals surface area contributed by atoms with E-state index in [1.807, 2.05) is 4.90 Å². The summed E-state index contributed by atoms with van der Waals surface area (Å²) in [6.45, 7) is 6.34. The first-order valence-corrected chi connectivity index (χ1v) is 6.56. The Bertz CT molecular complexity index is 278. The summed E-state index contributed by atoms with van der Waals surface area (Å²) in [4.78, 5) is 25.2. The molecule has 0 aliphatic carbocycles. The van der Waals surface area contributed by atoms with Gasteiger partial charge >= 0.3 is 5.97 Å². The second kappa shape index (κ2) is 6.62. The summed E-state index contributed by atoms with van der Waals surface area (Å²) in [7, 11) is 0. The van der Waals surface area contributed by atoms with Gasteiger partial charge in [-0.1, -0.05) is 6.92 Å². The Morgan fingerprint density at radius 1 is 1.24 bits per heavy atom. The van der Waals surface area contributed by atoms with Gasteiger partial charge in [-0.3, -0.25) is 9.59 Å². The second-order valence-corrected chi connectivity index (χ2v) is 4.59. The molecule has 0 aromatic heterocycles. The molecule has 17 heavy (non-hydrogen) atoms. The fraction of sp³-hybridized carbons (Fsp3) is 0.846. The monoisotopic (exact) mass is 241 g/mol. The van der Waals surface area contributed by atoms with Crippen LogP contribution in [0.4, 0.5) is 0 Å². The molecule has 0 saturated carbocycles. The van der Waals surface area contributed by atoms with Gasteiger partial charge in [0, 0.05) is 18.5 Å². The molecule has 0 aromatic rings. The maximum absolute atomic E-state index is 12.1. The number of likely N-dealkylation sites (tertiary alicyclic amines) is 1. The Labute approximate surface area is 103 Å². The molecule has 2 atom stereocenters. The number of rotatable bonds is 5. The van der Waals surface area contributed by atoms with E-state index in [2.05, 4.69) is 13.8 Å². The highest BCUT2D eigenvalue weighted by molar-refractivity contribution is 5.82. The molecule has 1 fully saturated rings. The third kappa shape index (κ3) is 3.72. The van der Waals surface area contributed by atoms with Gasteiger partial charge in [-0.25, -0.2) is 0 Å². The lowest BCUT2D eigenvalue weighted by Crippen LogP contribution is -2.39. The van der Waals surface area contributed by atoms with Crippen LogP contribution in [0, 0.1) is 0 Å². The van der Waals surface area contributed by atoms with Gasteiger partial charge in [0.25, 0.3) is 0 Å². The minimum Gasteiger partial charge on any atom is -0.466 e. The van der Waals surface area contributed by atoms with E-state index in [1.165, 1.54) is 0 Å². The van der Waals surface area contributed by atoms with Crippen molar-refractivity contribution in [2.75, 3.05) is 6.61 Å². The van der Waals surface area contributed by atoms with Crippen molar-refractivity contribution in [2.24, 2.45) is 0 Å². The number of carbonyl (C=O) groups is 2. The van der Waals surface area contributed by atoms with E-state index in [1.54, 1.807) is 6.92 Å². The average Bonchev–Trinajstić information content (AvgIpc) is 2.68. The standard InChI is InChI=1S/C13H23NO3/c1-4-11-7-6-10(3)14(11)12(15)8-9-13(16)17-5-2/h10-11H,4-9H2,1-3H3. The SMILES string of the molecule is CCOC(=O)CCC(=O)N1C(C)CCC1CC. The first kappa shape index (κ1) is 14.0. The number of carbonyl (C=O) groups excluding carboxylic acids is 2. The van der Waals surface area contributed by atoms with Crippen molar-refractivity contribution in [1.29, 1.82) is 0 Å². The van der Waals surface area contributed by atoms with Crippen LogP contribution < -0.4 is 0 Å². The van der Waals surface area contributed by atoms with Crippen LogP contribution >= 0.6 is 0 Å². The number of nitrogens with zero attached hydrogens (tertiary/aromatic N) is 1. The summed E-state index contributed by atoms with van der Waals surface area (Å²) in [5, 5.41) is 0. The highest BCUT2D eigenvalue weighted by atomic mass is 16.5. The molecule has 0 bridgehead atoms. The second-order valence-electron chi connectivity index (χ2n) is 4.59. The van der Waals surface area contributed by atoms with E-state index in [4.69, 9.17) is 4.74 Å². The lowest BCUT2D eigenvalue weighted by molar-refractivity contribution is -0.146. The Morgan fingerprint density at radius 3 is 2.53 bits per heavy atom. The van der Waals surface area contributed by atoms with Crippen molar-refractivity contribution in [3.8, 4) is 0 Å². The van der Waals surface area contributed by atoms with E-state index in [9.17, 15) is 9.59 Å². The zero-order valence-electron chi connectivity index (χ0n) is 11.1. The molecule has 2 unspecified atom stereocenters. The summed E-state index contributed by atoms with van der Waals surface area (Å²) in [5.74, 6) is -0.185. The molecule has 1 heterocycles. The summed E-state index contributed by atoms with van der Waals surface area (Å²) in [6.07, 6.45) is 3.63. The smallest absolute Gasteiger partial charge is 0.306 e. The Kier molecular flexibility index (Phi) is 5.45. The van der Waals surface area contributed by atoms with Crippen molar-refractivity contribution in [3.63, 3.8) is 0 Å². The van der Waals surface area contributed by atoms with Crippen molar-refractivity contribution in [3.05, 3.63) is 0 Å². The number of amides is 1. The fourth-order valence-corrected chi connectivity index (χ4v) is 2.49. The van der Waals surface area contributed by atoms with Crippen molar-refractivity contribution >= 4 is 11.9 Å². The fourth-order valence-electron chi connectivity index (χ4n) is 2.49. The van der Waals surface area contributed by atoms with Gasteiger partial charge in [0.15, 0.2) is 0 Å². The Hall–Kier alpha value is -1.06. The first-order chi connectivity index (χ1) is 8.10. The highest BCUT2D eigenvalue weighted by Crippen LogP contribution is 2.26. The molecule has 0 radical (unpaired) electrons. The van der Waals surface area contributed by atoms with Gasteiger partial charge < -0.3 is 9.64 Å². The van der Waals surface area contributed by atoms with Crippen LogP contribution in [0.25, 0.3) is 0 Å². The van der Waals surface area contributed by atoms with Crippen LogP contribution in [0.3, 0.4) is 0 Å². The van der Waals surface area contributed by atoms with Crippen LogP contribution in [0.15, 0.2) is 0 Å². The van der Waals surface area contributed by atoms with E-state index in [0.29, 0.717) is 18.7 Å². The molecule has 0 aromatic carbocycles. The quantitative estimate of drug-likeness (QED) is 0.693. The number of ether oxygens (including phenoxy) is 1. The molecule has 4 nitrogen and oxygen atoms in total. The van der Waals surface area contributed by atoms with Gasteiger partial charge in [-0.15, -0.1) is 0 Å². The van der Waals surface area contributed by atoms with E-state index < -0.39 is 0 Å². The third-order valence-electron chi connectivity index (χ3n) is 3.39. The summed E-state index contributed by atoms with van der Waals surface area (Å²) < 4.78 is 4.83. The number of hydrogen-bond acceptors (Lipinski definition) is 3. The van der Waals surface area contributed by atoms with Gasteiger partial charge in [0.2, 0.25) is 5.91 Å². The molecule has 0 spiro atoms. The average molecular weight is 241 g/mol. The van der Waals surface area contributed by atoms with Crippen LogP contribution in [-0.2, 0) is 14.3 Å². The minimum absolute atomic E-state index is 0.0925. The summed E-state index contributed by atoms with van der Waals surface area (Å²) >= 11 is 0. The topological polar surface area (TPSA) is 46.6 Å².